The number of rotatable bonds is 9. The van der Waals surface area contributed by atoms with E-state index in [0.29, 0.717) is 24.8 Å². The van der Waals surface area contributed by atoms with Gasteiger partial charge in [-0.05, 0) is 55.2 Å². The Labute approximate surface area is 181 Å². The fourth-order valence-electron chi connectivity index (χ4n) is 2.91. The zero-order valence-electron chi connectivity index (χ0n) is 17.4. The van der Waals surface area contributed by atoms with Gasteiger partial charge in [-0.15, -0.1) is 0 Å². The van der Waals surface area contributed by atoms with Gasteiger partial charge in [0.1, 0.15) is 11.8 Å². The van der Waals surface area contributed by atoms with Crippen molar-refractivity contribution in [3.05, 3.63) is 64.1 Å². The zero-order valence-corrected chi connectivity index (χ0v) is 19.0. The molecule has 0 aliphatic rings. The molecule has 1 N–H and O–H groups in total. The standard InChI is InChI=1S/C23H29BrN2O3/c1-5-25-23(28)17(4)26(14-18-7-6-8-20(24)13-18)22(27)15-29-21-11-9-19(10-12-21)16(2)3/h6-13,16-17H,5,14-15H2,1-4H3,(H,25,28)/t17-/m1/s1. The van der Waals surface area contributed by atoms with Crippen molar-refractivity contribution in [3.8, 4) is 5.75 Å². The minimum absolute atomic E-state index is 0.126. The van der Waals surface area contributed by atoms with E-state index in [0.717, 1.165) is 10.0 Å². The van der Waals surface area contributed by atoms with E-state index in [-0.39, 0.29) is 18.4 Å². The molecule has 2 rings (SSSR count). The van der Waals surface area contributed by atoms with Gasteiger partial charge in [-0.2, -0.15) is 0 Å². The lowest BCUT2D eigenvalue weighted by Crippen LogP contribution is -2.49. The molecule has 6 heteroatoms. The molecule has 2 amide bonds. The molecule has 0 fully saturated rings. The van der Waals surface area contributed by atoms with E-state index in [1.807, 2.05) is 55.5 Å². The Morgan fingerprint density at radius 1 is 1.10 bits per heavy atom. The van der Waals surface area contributed by atoms with E-state index in [4.69, 9.17) is 4.74 Å². The number of nitrogens with one attached hydrogen (secondary N) is 1. The fraction of sp³-hybridized carbons (Fsp3) is 0.391. The topological polar surface area (TPSA) is 58.6 Å². The lowest BCUT2D eigenvalue weighted by molar-refractivity contribution is -0.142. The highest BCUT2D eigenvalue weighted by Crippen LogP contribution is 2.19. The molecule has 0 bridgehead atoms. The molecule has 0 saturated heterocycles. The van der Waals surface area contributed by atoms with Crippen LogP contribution in [0.2, 0.25) is 0 Å². The van der Waals surface area contributed by atoms with E-state index in [1.165, 1.54) is 5.56 Å². The van der Waals surface area contributed by atoms with E-state index in [2.05, 4.69) is 35.1 Å². The second-order valence-corrected chi connectivity index (χ2v) is 8.15. The molecule has 0 spiro atoms. The Kier molecular flexibility index (Phi) is 8.70. The monoisotopic (exact) mass is 460 g/mol. The van der Waals surface area contributed by atoms with Gasteiger partial charge in [0.25, 0.3) is 5.91 Å². The highest BCUT2D eigenvalue weighted by atomic mass is 79.9. The summed E-state index contributed by atoms with van der Waals surface area (Å²) in [5.41, 5.74) is 2.15. The molecule has 29 heavy (non-hydrogen) atoms. The molecular formula is C23H29BrN2O3. The number of carbonyl (C=O) groups excluding carboxylic acids is 2. The highest BCUT2D eigenvalue weighted by Gasteiger charge is 2.26. The fourth-order valence-corrected chi connectivity index (χ4v) is 3.36. The van der Waals surface area contributed by atoms with Crippen LogP contribution < -0.4 is 10.1 Å². The maximum Gasteiger partial charge on any atom is 0.261 e. The largest absolute Gasteiger partial charge is 0.484 e. The highest BCUT2D eigenvalue weighted by molar-refractivity contribution is 9.10. The Morgan fingerprint density at radius 2 is 1.79 bits per heavy atom. The number of halogens is 1. The van der Waals surface area contributed by atoms with Crippen molar-refractivity contribution in [1.82, 2.24) is 10.2 Å². The Morgan fingerprint density at radius 3 is 2.38 bits per heavy atom. The van der Waals surface area contributed by atoms with Gasteiger partial charge in [0.2, 0.25) is 5.91 Å². The number of hydrogen-bond donors (Lipinski definition) is 1. The van der Waals surface area contributed by atoms with Gasteiger partial charge in [0.05, 0.1) is 0 Å². The first kappa shape index (κ1) is 22.9. The molecule has 5 nitrogen and oxygen atoms in total. The molecule has 0 heterocycles. The number of likely N-dealkylation sites (N-methyl/N-ethyl adjacent to an activating group) is 1. The number of amides is 2. The summed E-state index contributed by atoms with van der Waals surface area (Å²) in [6.07, 6.45) is 0. The van der Waals surface area contributed by atoms with Crippen LogP contribution in [-0.4, -0.2) is 35.9 Å². The average molecular weight is 461 g/mol. The first-order valence-electron chi connectivity index (χ1n) is 9.86. The Balaban J connectivity index is 2.11. The second-order valence-electron chi connectivity index (χ2n) is 7.23. The third kappa shape index (κ3) is 6.89. The van der Waals surface area contributed by atoms with E-state index < -0.39 is 6.04 Å². The van der Waals surface area contributed by atoms with Gasteiger partial charge >= 0.3 is 0 Å². The van der Waals surface area contributed by atoms with E-state index in [1.54, 1.807) is 11.8 Å². The van der Waals surface area contributed by atoms with Crippen molar-refractivity contribution in [1.29, 1.82) is 0 Å². The summed E-state index contributed by atoms with van der Waals surface area (Å²) in [5, 5.41) is 2.79. The summed E-state index contributed by atoms with van der Waals surface area (Å²) in [6.45, 7) is 8.56. The lowest BCUT2D eigenvalue weighted by Gasteiger charge is -2.28. The molecule has 0 aliphatic heterocycles. The van der Waals surface area contributed by atoms with Crippen LogP contribution in [0.25, 0.3) is 0 Å². The van der Waals surface area contributed by atoms with Crippen LogP contribution in [0.4, 0.5) is 0 Å². The molecule has 0 unspecified atom stereocenters. The predicted molar refractivity (Wildman–Crippen MR) is 119 cm³/mol. The first-order chi connectivity index (χ1) is 13.8. The molecule has 156 valence electrons. The van der Waals surface area contributed by atoms with Crippen molar-refractivity contribution in [3.63, 3.8) is 0 Å². The molecule has 0 aliphatic carbocycles. The van der Waals surface area contributed by atoms with Crippen LogP contribution in [-0.2, 0) is 16.1 Å². The van der Waals surface area contributed by atoms with Crippen LogP contribution in [0.5, 0.6) is 5.75 Å². The Bertz CT molecular complexity index is 821. The molecular weight excluding hydrogens is 432 g/mol. The smallest absolute Gasteiger partial charge is 0.261 e. The van der Waals surface area contributed by atoms with Crippen molar-refractivity contribution >= 4 is 27.7 Å². The van der Waals surface area contributed by atoms with E-state index in [9.17, 15) is 9.59 Å². The quantitative estimate of drug-likeness (QED) is 0.598. The van der Waals surface area contributed by atoms with E-state index >= 15 is 0 Å². The van der Waals surface area contributed by atoms with Gasteiger partial charge in [0, 0.05) is 17.6 Å². The summed E-state index contributed by atoms with van der Waals surface area (Å²) in [6, 6.07) is 14.8. The van der Waals surface area contributed by atoms with Crippen LogP contribution >= 0.6 is 15.9 Å². The van der Waals surface area contributed by atoms with Gasteiger partial charge in [-0.1, -0.05) is 54.0 Å². The third-order valence-electron chi connectivity index (χ3n) is 4.67. The average Bonchev–Trinajstić information content (AvgIpc) is 2.70. The van der Waals surface area contributed by atoms with Crippen molar-refractivity contribution in [2.75, 3.05) is 13.2 Å². The summed E-state index contributed by atoms with van der Waals surface area (Å²) in [4.78, 5) is 26.9. The third-order valence-corrected chi connectivity index (χ3v) is 5.16. The number of carbonyl (C=O) groups is 2. The molecule has 0 saturated carbocycles. The van der Waals surface area contributed by atoms with Gasteiger partial charge in [-0.25, -0.2) is 0 Å². The second kappa shape index (κ2) is 11.0. The number of ether oxygens (including phenoxy) is 1. The zero-order chi connectivity index (χ0) is 21.4. The minimum atomic E-state index is -0.603. The minimum Gasteiger partial charge on any atom is -0.484 e. The van der Waals surface area contributed by atoms with Crippen LogP contribution in [0, 0.1) is 0 Å². The van der Waals surface area contributed by atoms with Gasteiger partial charge in [0.15, 0.2) is 6.61 Å². The number of benzene rings is 2. The molecule has 0 aromatic heterocycles. The SMILES string of the molecule is CCNC(=O)[C@@H](C)N(Cc1cccc(Br)c1)C(=O)COc1ccc(C(C)C)cc1. The van der Waals surface area contributed by atoms with Gasteiger partial charge in [-0.3, -0.25) is 9.59 Å². The number of nitrogens with zero attached hydrogens (tertiary/aromatic N) is 1. The summed E-state index contributed by atoms with van der Waals surface area (Å²) >= 11 is 3.45. The summed E-state index contributed by atoms with van der Waals surface area (Å²) in [7, 11) is 0. The van der Waals surface area contributed by atoms with Crippen molar-refractivity contribution in [2.24, 2.45) is 0 Å². The molecule has 1 atom stereocenters. The van der Waals surface area contributed by atoms with Crippen molar-refractivity contribution < 1.29 is 14.3 Å². The number of hydrogen-bond acceptors (Lipinski definition) is 3. The summed E-state index contributed by atoms with van der Waals surface area (Å²) in [5.74, 6) is 0.647. The molecule has 0 radical (unpaired) electrons. The Hall–Kier alpha value is -2.34. The predicted octanol–water partition coefficient (Wildman–Crippen LogP) is 4.50. The normalized spacial score (nSPS) is 11.8. The first-order valence-corrected chi connectivity index (χ1v) is 10.7. The summed E-state index contributed by atoms with van der Waals surface area (Å²) < 4.78 is 6.63. The van der Waals surface area contributed by atoms with Crippen molar-refractivity contribution in [2.45, 2.75) is 46.2 Å². The van der Waals surface area contributed by atoms with Gasteiger partial charge < -0.3 is 15.0 Å². The van der Waals surface area contributed by atoms with Crippen LogP contribution in [0.15, 0.2) is 53.0 Å². The lowest BCUT2D eigenvalue weighted by atomic mass is 10.0. The maximum absolute atomic E-state index is 12.9. The van der Waals surface area contributed by atoms with Crippen LogP contribution in [0.1, 0.15) is 44.7 Å². The molecule has 2 aromatic rings. The van der Waals surface area contributed by atoms with Crippen LogP contribution in [0.3, 0.4) is 0 Å². The maximum atomic E-state index is 12.9. The molecule has 2 aromatic carbocycles.